The molecule has 0 aliphatic heterocycles. The molecule has 170 valence electrons. The first-order valence-electron chi connectivity index (χ1n) is 10.4. The summed E-state index contributed by atoms with van der Waals surface area (Å²) in [7, 11) is -1.59. The molecule has 0 fully saturated rings. The zero-order valence-corrected chi connectivity index (χ0v) is 19.6. The Labute approximate surface area is 184 Å². The molecule has 0 unspecified atom stereocenters. The average Bonchev–Trinajstić information content (AvgIpc) is 2.79. The zero-order valence-electron chi connectivity index (χ0n) is 18.7. The van der Waals surface area contributed by atoms with Gasteiger partial charge in [0.1, 0.15) is 5.39 Å². The summed E-state index contributed by atoms with van der Waals surface area (Å²) in [6.07, 6.45) is 2.47. The van der Waals surface area contributed by atoms with E-state index in [0.29, 0.717) is 42.3 Å². The molecular weight excluding hydrogens is 417 g/mol. The van der Waals surface area contributed by atoms with E-state index in [2.05, 4.69) is 15.2 Å². The van der Waals surface area contributed by atoms with Crippen molar-refractivity contribution in [3.8, 4) is 17.1 Å². The third kappa shape index (κ3) is 6.23. The van der Waals surface area contributed by atoms with Crippen molar-refractivity contribution in [2.24, 2.45) is 0 Å². The lowest BCUT2D eigenvalue weighted by atomic mass is 10.1. The largest absolute Gasteiger partial charge is 0.480 e. The van der Waals surface area contributed by atoms with Crippen molar-refractivity contribution >= 4 is 18.4 Å². The molecular formula is C22H32N3O5P. The summed E-state index contributed by atoms with van der Waals surface area (Å²) in [5, 5.41) is 7.25. The van der Waals surface area contributed by atoms with Gasteiger partial charge in [0, 0.05) is 12.4 Å². The van der Waals surface area contributed by atoms with Gasteiger partial charge in [-0.15, -0.1) is 0 Å². The Bertz CT molecular complexity index is 1080. The Morgan fingerprint density at radius 1 is 1.10 bits per heavy atom. The Kier molecular flexibility index (Phi) is 9.37. The van der Waals surface area contributed by atoms with Gasteiger partial charge in [0.25, 0.3) is 5.56 Å². The molecule has 0 aliphatic carbocycles. The number of hydrogen-bond donors (Lipinski definition) is 1. The van der Waals surface area contributed by atoms with Crippen LogP contribution in [0, 0.1) is 0 Å². The molecule has 0 atom stereocenters. The maximum absolute atomic E-state index is 12.6. The van der Waals surface area contributed by atoms with Crippen LogP contribution in [-0.2, 0) is 20.0 Å². The van der Waals surface area contributed by atoms with Gasteiger partial charge in [-0.2, -0.15) is 5.10 Å². The fraction of sp³-hybridized carbons (Fsp3) is 0.409. The van der Waals surface area contributed by atoms with Crippen molar-refractivity contribution in [2.75, 3.05) is 26.5 Å². The minimum atomic E-state index is -3.07. The van der Waals surface area contributed by atoms with Gasteiger partial charge in [-0.05, 0) is 31.9 Å². The zero-order chi connectivity index (χ0) is 22.9. The van der Waals surface area contributed by atoms with E-state index in [4.69, 9.17) is 13.8 Å². The van der Waals surface area contributed by atoms with Crippen molar-refractivity contribution in [3.05, 3.63) is 52.4 Å². The second-order valence-corrected chi connectivity index (χ2v) is 8.48. The fourth-order valence-corrected chi connectivity index (χ4v) is 4.70. The average molecular weight is 449 g/mol. The standard InChI is InChI=1S/C20H24N3O5P.C2H6.H2/c1-4-27-29(25,28-5-2)11-10-14-6-8-15(9-7-14)17-12-16-13-21-23-19(24)18(16)20(22-17)26-3;1-2;/h6-9,12-13H,4-5,10-11H2,1-3H3,(H,23,24);1-2H3;1H. The number of H-pyrrole nitrogens is 1. The molecule has 8 nitrogen and oxygen atoms in total. The molecule has 1 aromatic carbocycles. The first-order valence-corrected chi connectivity index (χ1v) is 12.1. The van der Waals surface area contributed by atoms with E-state index >= 15 is 0 Å². The summed E-state index contributed by atoms with van der Waals surface area (Å²) in [4.78, 5) is 16.5. The van der Waals surface area contributed by atoms with E-state index in [9.17, 15) is 9.36 Å². The number of nitrogens with one attached hydrogen (secondary N) is 1. The maximum atomic E-state index is 12.6. The van der Waals surface area contributed by atoms with Crippen LogP contribution in [-0.4, -0.2) is 41.7 Å². The quantitative estimate of drug-likeness (QED) is 0.455. The van der Waals surface area contributed by atoms with Crippen molar-refractivity contribution in [2.45, 2.75) is 34.1 Å². The van der Waals surface area contributed by atoms with E-state index in [-0.39, 0.29) is 12.9 Å². The van der Waals surface area contributed by atoms with Gasteiger partial charge < -0.3 is 13.8 Å². The molecule has 0 aliphatic rings. The molecule has 2 aromatic heterocycles. The van der Waals surface area contributed by atoms with Crippen molar-refractivity contribution < 1.29 is 19.8 Å². The number of methoxy groups -OCH3 is 1. The van der Waals surface area contributed by atoms with Gasteiger partial charge in [0.2, 0.25) is 5.88 Å². The van der Waals surface area contributed by atoms with Crippen LogP contribution < -0.4 is 10.3 Å². The lowest BCUT2D eigenvalue weighted by Gasteiger charge is -2.16. The Hall–Kier alpha value is -2.54. The van der Waals surface area contributed by atoms with E-state index in [1.807, 2.05) is 38.1 Å². The molecule has 1 N–H and O–H groups in total. The summed E-state index contributed by atoms with van der Waals surface area (Å²) in [5.74, 6) is 0.250. The summed E-state index contributed by atoms with van der Waals surface area (Å²) in [6.45, 7) is 8.30. The molecule has 0 radical (unpaired) electrons. The summed E-state index contributed by atoms with van der Waals surface area (Å²) < 4.78 is 28.6. The van der Waals surface area contributed by atoms with Crippen LogP contribution in [0.25, 0.3) is 22.0 Å². The first kappa shape index (κ1) is 24.7. The molecule has 0 spiro atoms. The molecule has 0 bridgehead atoms. The topological polar surface area (TPSA) is 103 Å². The summed E-state index contributed by atoms with van der Waals surface area (Å²) >= 11 is 0. The van der Waals surface area contributed by atoms with Crippen LogP contribution in [0.3, 0.4) is 0 Å². The highest BCUT2D eigenvalue weighted by Gasteiger charge is 2.23. The number of benzene rings is 1. The second kappa shape index (κ2) is 11.7. The number of aromatic nitrogens is 3. The van der Waals surface area contributed by atoms with Gasteiger partial charge in [0.15, 0.2) is 0 Å². The van der Waals surface area contributed by atoms with Gasteiger partial charge >= 0.3 is 7.60 Å². The molecule has 3 rings (SSSR count). The van der Waals surface area contributed by atoms with Crippen LogP contribution >= 0.6 is 7.60 Å². The highest BCUT2D eigenvalue weighted by atomic mass is 31.2. The predicted molar refractivity (Wildman–Crippen MR) is 125 cm³/mol. The molecule has 0 amide bonds. The van der Waals surface area contributed by atoms with Crippen molar-refractivity contribution in [1.29, 1.82) is 0 Å². The van der Waals surface area contributed by atoms with Crippen molar-refractivity contribution in [3.63, 3.8) is 0 Å². The monoisotopic (exact) mass is 449 g/mol. The van der Waals surface area contributed by atoms with Crippen LogP contribution in [0.2, 0.25) is 0 Å². The van der Waals surface area contributed by atoms with Gasteiger partial charge in [-0.3, -0.25) is 9.36 Å². The number of aryl methyl sites for hydroxylation is 1. The van der Waals surface area contributed by atoms with Crippen LogP contribution in [0.15, 0.2) is 41.3 Å². The van der Waals surface area contributed by atoms with Gasteiger partial charge in [-0.1, -0.05) is 38.1 Å². The third-order valence-electron chi connectivity index (χ3n) is 4.38. The third-order valence-corrected chi connectivity index (χ3v) is 6.46. The molecule has 2 heterocycles. The highest BCUT2D eigenvalue weighted by Crippen LogP contribution is 2.48. The Morgan fingerprint density at radius 2 is 1.74 bits per heavy atom. The minimum Gasteiger partial charge on any atom is -0.480 e. The van der Waals surface area contributed by atoms with Crippen LogP contribution in [0.4, 0.5) is 0 Å². The van der Waals surface area contributed by atoms with E-state index in [1.165, 1.54) is 7.11 Å². The molecule has 9 heteroatoms. The molecule has 31 heavy (non-hydrogen) atoms. The van der Waals surface area contributed by atoms with E-state index in [0.717, 1.165) is 11.1 Å². The Balaban J connectivity index is 0.00000166. The van der Waals surface area contributed by atoms with Gasteiger partial charge in [-0.25, -0.2) is 10.1 Å². The van der Waals surface area contributed by atoms with Crippen molar-refractivity contribution in [1.82, 2.24) is 15.2 Å². The minimum absolute atomic E-state index is 0. The Morgan fingerprint density at radius 3 is 2.32 bits per heavy atom. The molecule has 3 aromatic rings. The maximum Gasteiger partial charge on any atom is 0.330 e. The van der Waals surface area contributed by atoms with Gasteiger partial charge in [0.05, 0.1) is 38.4 Å². The number of ether oxygens (including phenoxy) is 1. The lowest BCUT2D eigenvalue weighted by Crippen LogP contribution is -2.10. The van der Waals surface area contributed by atoms with E-state index < -0.39 is 7.60 Å². The fourth-order valence-electron chi connectivity index (χ4n) is 3.05. The highest BCUT2D eigenvalue weighted by molar-refractivity contribution is 7.53. The first-order chi connectivity index (χ1) is 15.0. The summed E-state index contributed by atoms with van der Waals surface area (Å²) in [5.41, 5.74) is 2.20. The normalized spacial score (nSPS) is 11.1. The van der Waals surface area contributed by atoms with Crippen LogP contribution in [0.1, 0.15) is 34.7 Å². The lowest BCUT2D eigenvalue weighted by molar-refractivity contribution is 0.220. The predicted octanol–water partition coefficient (Wildman–Crippen LogP) is 5.07. The summed E-state index contributed by atoms with van der Waals surface area (Å²) in [6, 6.07) is 9.55. The number of nitrogens with zero attached hydrogens (tertiary/aromatic N) is 2. The SMILES string of the molecule is CC.CCOP(=O)(CCc1ccc(-c2cc3cn[nH]c(=O)c3c(OC)n2)cc1)OCC.[HH]. The van der Waals surface area contributed by atoms with E-state index in [1.54, 1.807) is 26.1 Å². The number of hydrogen-bond acceptors (Lipinski definition) is 7. The number of rotatable bonds is 9. The number of fused-ring (bicyclic) bond motifs is 1. The molecule has 0 saturated carbocycles. The number of pyridine rings is 1. The smallest absolute Gasteiger partial charge is 0.330 e. The second-order valence-electron chi connectivity index (χ2n) is 6.30. The van der Waals surface area contributed by atoms with Crippen LogP contribution in [0.5, 0.6) is 5.88 Å². The molecule has 0 saturated heterocycles. The number of aromatic amines is 1.